The molecule has 170 valence electrons. The van der Waals surface area contributed by atoms with E-state index >= 15 is 0 Å². The first-order valence-corrected chi connectivity index (χ1v) is 11.1. The van der Waals surface area contributed by atoms with Crippen molar-refractivity contribution >= 4 is 11.8 Å². The van der Waals surface area contributed by atoms with Crippen molar-refractivity contribution in [1.29, 1.82) is 0 Å². The van der Waals surface area contributed by atoms with Gasteiger partial charge in [0.2, 0.25) is 5.91 Å². The lowest BCUT2D eigenvalue weighted by atomic mass is 9.94. The molecular weight excluding hydrogens is 407 g/mol. The molecule has 5 nitrogen and oxygen atoms in total. The van der Waals surface area contributed by atoms with E-state index in [0.29, 0.717) is 16.9 Å². The molecule has 1 N–H and O–H groups in total. The Bertz CT molecular complexity index is 774. The minimum absolute atomic E-state index is 0.0746. The fraction of sp³-hybridized carbons (Fsp3) is 0.609. The average Bonchev–Trinajstić information content (AvgIpc) is 2.77. The number of nitrogens with zero attached hydrogens (tertiary/aromatic N) is 2. The van der Waals surface area contributed by atoms with Crippen LogP contribution >= 0.6 is 0 Å². The quantitative estimate of drug-likeness (QED) is 0.620. The normalized spacial score (nSPS) is 18.7. The van der Waals surface area contributed by atoms with Crippen LogP contribution in [0.3, 0.4) is 0 Å². The van der Waals surface area contributed by atoms with Crippen LogP contribution in [-0.4, -0.2) is 40.5 Å². The minimum atomic E-state index is -5.06. The van der Waals surface area contributed by atoms with Crippen LogP contribution in [0.2, 0.25) is 0 Å². The number of carbonyl (C=O) groups excluding carboxylic acids is 2. The number of pyridine rings is 1. The Hall–Kier alpha value is -2.38. The van der Waals surface area contributed by atoms with Gasteiger partial charge in [0.25, 0.3) is 0 Å². The third kappa shape index (κ3) is 6.55. The zero-order valence-corrected chi connectivity index (χ0v) is 17.7. The van der Waals surface area contributed by atoms with Crippen LogP contribution in [0.5, 0.6) is 0 Å². The number of rotatable bonds is 7. The molecule has 2 aliphatic rings. The van der Waals surface area contributed by atoms with Crippen molar-refractivity contribution in [3.63, 3.8) is 0 Å². The van der Waals surface area contributed by atoms with Crippen LogP contribution < -0.4 is 5.32 Å². The van der Waals surface area contributed by atoms with Crippen molar-refractivity contribution in [2.75, 3.05) is 6.54 Å². The highest BCUT2D eigenvalue weighted by atomic mass is 19.4. The van der Waals surface area contributed by atoms with Gasteiger partial charge >= 0.3 is 12.1 Å². The minimum Gasteiger partial charge on any atom is -0.351 e. The molecule has 0 spiro atoms. The smallest absolute Gasteiger partial charge is 0.351 e. The van der Waals surface area contributed by atoms with Gasteiger partial charge in [-0.15, -0.1) is 0 Å². The molecule has 8 heteroatoms. The average molecular weight is 438 g/mol. The predicted molar refractivity (Wildman–Crippen MR) is 111 cm³/mol. The summed E-state index contributed by atoms with van der Waals surface area (Å²) in [5.41, 5.74) is 1.38. The number of hydrogen-bond acceptors (Lipinski definition) is 3. The largest absolute Gasteiger partial charge is 0.471 e. The van der Waals surface area contributed by atoms with E-state index in [-0.39, 0.29) is 12.6 Å². The van der Waals surface area contributed by atoms with Gasteiger partial charge in [-0.05, 0) is 62.6 Å². The molecule has 31 heavy (non-hydrogen) atoms. The highest BCUT2D eigenvalue weighted by molar-refractivity contribution is 5.90. The molecule has 1 aromatic rings. The summed E-state index contributed by atoms with van der Waals surface area (Å²) in [6, 6.07) is 1.58. The maximum Gasteiger partial charge on any atom is 0.471 e. The maximum absolute atomic E-state index is 13.5. The molecule has 1 unspecified atom stereocenters. The zero-order valence-electron chi connectivity index (χ0n) is 17.7. The molecular formula is C23H30F3N3O2. The molecule has 0 aliphatic heterocycles. The third-order valence-corrected chi connectivity index (χ3v) is 6.10. The molecule has 1 fully saturated rings. The molecule has 1 atom stereocenters. The number of carbonyl (C=O) groups is 2. The summed E-state index contributed by atoms with van der Waals surface area (Å²) in [5, 5.41) is 2.91. The van der Waals surface area contributed by atoms with E-state index in [9.17, 15) is 22.8 Å². The van der Waals surface area contributed by atoms with Gasteiger partial charge in [0.05, 0.1) is 0 Å². The number of nitrogens with one attached hydrogen (secondary N) is 1. The Morgan fingerprint density at radius 2 is 1.81 bits per heavy atom. The highest BCUT2D eigenvalue weighted by Gasteiger charge is 2.46. The van der Waals surface area contributed by atoms with Crippen molar-refractivity contribution in [2.24, 2.45) is 0 Å². The van der Waals surface area contributed by atoms with E-state index in [2.05, 4.69) is 10.3 Å². The number of aromatic nitrogens is 1. The molecule has 2 aliphatic carbocycles. The van der Waals surface area contributed by atoms with Crippen molar-refractivity contribution in [1.82, 2.24) is 15.2 Å². The fourth-order valence-corrected chi connectivity index (χ4v) is 4.45. The Labute approximate surface area is 181 Å². The number of allylic oxidation sites excluding steroid dienone is 1. The first-order valence-electron chi connectivity index (χ1n) is 11.1. The van der Waals surface area contributed by atoms with Gasteiger partial charge in [-0.25, -0.2) is 0 Å². The van der Waals surface area contributed by atoms with E-state index in [4.69, 9.17) is 0 Å². The topological polar surface area (TPSA) is 62.3 Å². The number of alkyl halides is 3. The Morgan fingerprint density at radius 3 is 2.42 bits per heavy atom. The third-order valence-electron chi connectivity index (χ3n) is 6.10. The molecule has 0 saturated heterocycles. The van der Waals surface area contributed by atoms with Crippen LogP contribution in [0.1, 0.15) is 75.8 Å². The van der Waals surface area contributed by atoms with E-state index in [1.54, 1.807) is 0 Å². The van der Waals surface area contributed by atoms with Crippen molar-refractivity contribution in [2.45, 2.75) is 82.5 Å². The van der Waals surface area contributed by atoms with Gasteiger partial charge < -0.3 is 10.2 Å². The van der Waals surface area contributed by atoms with E-state index in [1.165, 1.54) is 24.5 Å². The molecule has 1 aromatic heterocycles. The molecule has 1 saturated carbocycles. The summed E-state index contributed by atoms with van der Waals surface area (Å²) in [6.07, 6.45) is 8.60. The van der Waals surface area contributed by atoms with E-state index in [1.807, 2.05) is 6.08 Å². The van der Waals surface area contributed by atoms with E-state index in [0.717, 1.165) is 63.4 Å². The Kier molecular flexibility index (Phi) is 8.09. The van der Waals surface area contributed by atoms with Crippen LogP contribution in [0.25, 0.3) is 0 Å². The Morgan fingerprint density at radius 1 is 1.10 bits per heavy atom. The van der Waals surface area contributed by atoms with Crippen molar-refractivity contribution in [3.05, 3.63) is 41.7 Å². The number of hydrogen-bond donors (Lipinski definition) is 1. The highest BCUT2D eigenvalue weighted by Crippen LogP contribution is 2.30. The zero-order chi connectivity index (χ0) is 22.3. The van der Waals surface area contributed by atoms with Gasteiger partial charge in [-0.3, -0.25) is 14.6 Å². The summed E-state index contributed by atoms with van der Waals surface area (Å²) in [7, 11) is 0. The van der Waals surface area contributed by atoms with Gasteiger partial charge in [0.15, 0.2) is 0 Å². The predicted octanol–water partition coefficient (Wildman–Crippen LogP) is 4.85. The first-order chi connectivity index (χ1) is 14.9. The molecule has 1 heterocycles. The standard InChI is InChI=1S/C23H30F3N3O2/c24-23(25,26)22(31)29(16-13-17-7-3-1-4-8-17)20(18-11-14-27-15-12-18)21(30)28-19-9-5-2-6-10-19/h7,11-12,14-15,19-20H,1-6,8-10,13,16H2,(H,28,30). The van der Waals surface area contributed by atoms with E-state index < -0.39 is 24.0 Å². The molecule has 0 radical (unpaired) electrons. The molecule has 2 amide bonds. The summed E-state index contributed by atoms with van der Waals surface area (Å²) >= 11 is 0. The lowest BCUT2D eigenvalue weighted by Gasteiger charge is -2.34. The van der Waals surface area contributed by atoms with Crippen LogP contribution in [0.15, 0.2) is 36.2 Å². The first kappa shape index (κ1) is 23.3. The van der Waals surface area contributed by atoms with Crippen LogP contribution in [0, 0.1) is 0 Å². The summed E-state index contributed by atoms with van der Waals surface area (Å²) < 4.78 is 40.5. The molecule has 3 rings (SSSR count). The maximum atomic E-state index is 13.5. The molecule has 0 bridgehead atoms. The van der Waals surface area contributed by atoms with Gasteiger partial charge in [0.1, 0.15) is 6.04 Å². The van der Waals surface area contributed by atoms with Gasteiger partial charge in [-0.2, -0.15) is 13.2 Å². The van der Waals surface area contributed by atoms with Crippen molar-refractivity contribution < 1.29 is 22.8 Å². The fourth-order valence-electron chi connectivity index (χ4n) is 4.45. The van der Waals surface area contributed by atoms with Gasteiger partial charge in [0, 0.05) is 25.0 Å². The summed E-state index contributed by atoms with van der Waals surface area (Å²) in [4.78, 5) is 30.3. The number of halogens is 3. The second kappa shape index (κ2) is 10.8. The molecule has 0 aromatic carbocycles. The van der Waals surface area contributed by atoms with Crippen LogP contribution in [0.4, 0.5) is 13.2 Å². The second-order valence-electron chi connectivity index (χ2n) is 8.38. The van der Waals surface area contributed by atoms with Crippen LogP contribution in [-0.2, 0) is 9.59 Å². The summed E-state index contributed by atoms with van der Waals surface area (Å²) in [5.74, 6) is -2.54. The number of amides is 2. The SMILES string of the molecule is O=C(NC1CCCCC1)C(c1ccncc1)N(CCC1=CCCCC1)C(=O)C(F)(F)F. The van der Waals surface area contributed by atoms with Crippen molar-refractivity contribution in [3.8, 4) is 0 Å². The second-order valence-corrected chi connectivity index (χ2v) is 8.38. The monoisotopic (exact) mass is 437 g/mol. The summed E-state index contributed by atoms with van der Waals surface area (Å²) in [6.45, 7) is -0.157. The van der Waals surface area contributed by atoms with Gasteiger partial charge in [-0.1, -0.05) is 30.9 Å². The lowest BCUT2D eigenvalue weighted by molar-refractivity contribution is -0.188. The lowest BCUT2D eigenvalue weighted by Crippen LogP contribution is -2.50. The Balaban J connectivity index is 1.88.